The first-order valence-electron chi connectivity index (χ1n) is 4.62. The molecule has 0 unspecified atom stereocenters. The Hall–Kier alpha value is -0.790. The maximum atomic E-state index is 10.00. The summed E-state index contributed by atoms with van der Waals surface area (Å²) in [6.45, 7) is 2.16. The third-order valence-corrected chi connectivity index (χ3v) is 1.64. The standard InChI is InChI=1S/C10H18O2/c1-2-3-4-5-6-7-8-9-10(11)12/h5-6H,2-4,7-9H2,1H3,(H,11,12)/p-1/b6-5+. The maximum absolute atomic E-state index is 10.00. The van der Waals surface area contributed by atoms with Crippen LogP contribution in [0.2, 0.25) is 0 Å². The highest BCUT2D eigenvalue weighted by Crippen LogP contribution is 1.99. The molecule has 0 heterocycles. The van der Waals surface area contributed by atoms with Crippen LogP contribution in [0, 0.1) is 0 Å². The van der Waals surface area contributed by atoms with Gasteiger partial charge in [0.15, 0.2) is 0 Å². The summed E-state index contributed by atoms with van der Waals surface area (Å²) in [5, 5.41) is 10.00. The largest absolute Gasteiger partial charge is 0.550 e. The third-order valence-electron chi connectivity index (χ3n) is 1.64. The number of carboxylic acid groups (broad SMARTS) is 1. The van der Waals surface area contributed by atoms with Gasteiger partial charge >= 0.3 is 0 Å². The molecule has 0 aliphatic rings. The van der Waals surface area contributed by atoms with E-state index in [2.05, 4.69) is 19.1 Å². The highest BCUT2D eigenvalue weighted by atomic mass is 16.4. The molecule has 70 valence electrons. The second kappa shape index (κ2) is 8.31. The highest BCUT2D eigenvalue weighted by Gasteiger charge is 1.84. The molecule has 0 bridgehead atoms. The van der Waals surface area contributed by atoms with E-state index in [0.717, 1.165) is 12.8 Å². The zero-order valence-electron chi connectivity index (χ0n) is 7.71. The van der Waals surface area contributed by atoms with Crippen molar-refractivity contribution in [3.63, 3.8) is 0 Å². The van der Waals surface area contributed by atoms with Crippen molar-refractivity contribution in [2.24, 2.45) is 0 Å². The van der Waals surface area contributed by atoms with Crippen LogP contribution in [0.1, 0.15) is 45.4 Å². The number of hydrogen-bond acceptors (Lipinski definition) is 2. The van der Waals surface area contributed by atoms with Crippen LogP contribution >= 0.6 is 0 Å². The van der Waals surface area contributed by atoms with E-state index in [1.807, 2.05) is 0 Å². The summed E-state index contributed by atoms with van der Waals surface area (Å²) in [6, 6.07) is 0. The Morgan fingerprint density at radius 2 is 1.83 bits per heavy atom. The van der Waals surface area contributed by atoms with Crippen molar-refractivity contribution in [1.29, 1.82) is 0 Å². The molecule has 0 radical (unpaired) electrons. The third kappa shape index (κ3) is 9.21. The summed E-state index contributed by atoms with van der Waals surface area (Å²) >= 11 is 0. The molecule has 0 spiro atoms. The van der Waals surface area contributed by atoms with Crippen LogP contribution in [0.3, 0.4) is 0 Å². The molecule has 0 saturated heterocycles. The number of carboxylic acids is 1. The van der Waals surface area contributed by atoms with Crippen LogP contribution in [0.15, 0.2) is 12.2 Å². The van der Waals surface area contributed by atoms with Crippen LogP contribution in [0.4, 0.5) is 0 Å². The van der Waals surface area contributed by atoms with Gasteiger partial charge in [0.2, 0.25) is 0 Å². The Labute approximate surface area is 74.3 Å². The SMILES string of the molecule is CCCC/C=C/CCCC(=O)[O-]. The van der Waals surface area contributed by atoms with Gasteiger partial charge in [0.1, 0.15) is 0 Å². The number of allylic oxidation sites excluding steroid dienone is 2. The van der Waals surface area contributed by atoms with E-state index < -0.39 is 5.97 Å². The summed E-state index contributed by atoms with van der Waals surface area (Å²) in [5.41, 5.74) is 0. The van der Waals surface area contributed by atoms with Crippen molar-refractivity contribution in [2.45, 2.75) is 45.4 Å². The molecule has 0 aromatic carbocycles. The normalized spacial score (nSPS) is 10.8. The minimum Gasteiger partial charge on any atom is -0.550 e. The lowest BCUT2D eigenvalue weighted by atomic mass is 10.2. The first kappa shape index (κ1) is 11.2. The molecule has 0 aromatic heterocycles. The molecular formula is C10H17O2-. The topological polar surface area (TPSA) is 40.1 Å². The zero-order valence-corrected chi connectivity index (χ0v) is 7.71. The summed E-state index contributed by atoms with van der Waals surface area (Å²) in [4.78, 5) is 10.00. The molecule has 0 aromatic rings. The van der Waals surface area contributed by atoms with Gasteiger partial charge in [-0.1, -0.05) is 31.9 Å². The number of hydrogen-bond donors (Lipinski definition) is 0. The number of aliphatic carboxylic acids is 1. The molecule has 0 atom stereocenters. The van der Waals surface area contributed by atoms with Gasteiger partial charge in [0, 0.05) is 5.97 Å². The van der Waals surface area contributed by atoms with Crippen LogP contribution in [0.25, 0.3) is 0 Å². The first-order valence-corrected chi connectivity index (χ1v) is 4.62. The van der Waals surface area contributed by atoms with E-state index in [1.54, 1.807) is 0 Å². The highest BCUT2D eigenvalue weighted by molar-refractivity contribution is 5.64. The first-order chi connectivity index (χ1) is 5.77. The number of carbonyl (C=O) groups is 1. The molecule has 0 amide bonds. The monoisotopic (exact) mass is 169 g/mol. The molecule has 0 saturated carbocycles. The summed E-state index contributed by atoms with van der Waals surface area (Å²) in [5.74, 6) is -0.947. The van der Waals surface area contributed by atoms with Crippen molar-refractivity contribution in [2.75, 3.05) is 0 Å². The Balaban J connectivity index is 3.08. The fraction of sp³-hybridized carbons (Fsp3) is 0.700. The minimum absolute atomic E-state index is 0.179. The Morgan fingerprint density at radius 3 is 2.33 bits per heavy atom. The van der Waals surface area contributed by atoms with Crippen LogP contribution < -0.4 is 5.11 Å². The predicted molar refractivity (Wildman–Crippen MR) is 47.5 cm³/mol. The Kier molecular flexibility index (Phi) is 7.76. The van der Waals surface area contributed by atoms with E-state index in [1.165, 1.54) is 12.8 Å². The van der Waals surface area contributed by atoms with Crippen molar-refractivity contribution < 1.29 is 9.90 Å². The van der Waals surface area contributed by atoms with Gasteiger partial charge in [-0.05, 0) is 25.7 Å². The average molecular weight is 169 g/mol. The van der Waals surface area contributed by atoms with Crippen LogP contribution in [0.5, 0.6) is 0 Å². The van der Waals surface area contributed by atoms with Gasteiger partial charge in [-0.3, -0.25) is 0 Å². The minimum atomic E-state index is -0.947. The smallest absolute Gasteiger partial charge is 0.0414 e. The van der Waals surface area contributed by atoms with E-state index in [4.69, 9.17) is 0 Å². The van der Waals surface area contributed by atoms with E-state index in [-0.39, 0.29) is 6.42 Å². The number of rotatable bonds is 7. The lowest BCUT2D eigenvalue weighted by molar-refractivity contribution is -0.305. The molecule has 0 aliphatic heterocycles. The summed E-state index contributed by atoms with van der Waals surface area (Å²) < 4.78 is 0. The lowest BCUT2D eigenvalue weighted by Gasteiger charge is -1.97. The van der Waals surface area contributed by atoms with Gasteiger partial charge < -0.3 is 9.90 Å². The quantitative estimate of drug-likeness (QED) is 0.429. The van der Waals surface area contributed by atoms with E-state index >= 15 is 0 Å². The molecule has 12 heavy (non-hydrogen) atoms. The van der Waals surface area contributed by atoms with Crippen molar-refractivity contribution >= 4 is 5.97 Å². The molecule has 0 fully saturated rings. The lowest BCUT2D eigenvalue weighted by Crippen LogP contribution is -2.21. The van der Waals surface area contributed by atoms with Crippen LogP contribution in [-0.2, 0) is 4.79 Å². The predicted octanol–water partition coefficient (Wildman–Crippen LogP) is 1.65. The molecule has 0 aliphatic carbocycles. The molecule has 2 nitrogen and oxygen atoms in total. The van der Waals surface area contributed by atoms with Crippen LogP contribution in [-0.4, -0.2) is 5.97 Å². The Morgan fingerprint density at radius 1 is 1.25 bits per heavy atom. The molecule has 0 N–H and O–H groups in total. The van der Waals surface area contributed by atoms with Gasteiger partial charge in [-0.2, -0.15) is 0 Å². The molecular weight excluding hydrogens is 152 g/mol. The van der Waals surface area contributed by atoms with E-state index in [9.17, 15) is 9.90 Å². The van der Waals surface area contributed by atoms with Gasteiger partial charge in [-0.25, -0.2) is 0 Å². The van der Waals surface area contributed by atoms with Gasteiger partial charge in [0.05, 0.1) is 0 Å². The molecule has 2 heteroatoms. The second-order valence-corrected chi connectivity index (χ2v) is 2.88. The maximum Gasteiger partial charge on any atom is 0.0414 e. The zero-order chi connectivity index (χ0) is 9.23. The summed E-state index contributed by atoms with van der Waals surface area (Å²) in [6.07, 6.45) is 9.46. The summed E-state index contributed by atoms with van der Waals surface area (Å²) in [7, 11) is 0. The Bertz CT molecular complexity index is 139. The second-order valence-electron chi connectivity index (χ2n) is 2.88. The average Bonchev–Trinajstić information content (AvgIpc) is 2.02. The van der Waals surface area contributed by atoms with Gasteiger partial charge in [-0.15, -0.1) is 0 Å². The van der Waals surface area contributed by atoms with E-state index in [0.29, 0.717) is 6.42 Å². The number of unbranched alkanes of at least 4 members (excludes halogenated alkanes) is 3. The van der Waals surface area contributed by atoms with Crippen molar-refractivity contribution in [3.05, 3.63) is 12.2 Å². The fourth-order valence-corrected chi connectivity index (χ4v) is 0.922. The van der Waals surface area contributed by atoms with Crippen molar-refractivity contribution in [3.8, 4) is 0 Å². The molecule has 0 rings (SSSR count). The number of carbonyl (C=O) groups excluding carboxylic acids is 1. The fourth-order valence-electron chi connectivity index (χ4n) is 0.922. The van der Waals surface area contributed by atoms with Gasteiger partial charge in [0.25, 0.3) is 0 Å². The van der Waals surface area contributed by atoms with Crippen molar-refractivity contribution in [1.82, 2.24) is 0 Å².